The van der Waals surface area contributed by atoms with Gasteiger partial charge in [0.05, 0.1) is 18.9 Å². The number of carbonyl (C=O) groups excluding carboxylic acids is 1. The standard InChI is InChI=1S/C24H40N2O3/c1-2-3-4-5-6-7-13-20-28-23-16-10-9-15-22(23)25-24(27)29-21-14-19-26-17-11-8-12-18-26/h9-10,15-16H,2-8,11-14,17-21H2,1H3,(H,25,27). The molecular weight excluding hydrogens is 364 g/mol. The fourth-order valence-corrected chi connectivity index (χ4v) is 3.72. The number of amides is 1. The van der Waals surface area contributed by atoms with E-state index in [-0.39, 0.29) is 0 Å². The second kappa shape index (κ2) is 15.1. The van der Waals surface area contributed by atoms with Crippen molar-refractivity contribution in [3.8, 4) is 5.75 Å². The molecular formula is C24H40N2O3. The van der Waals surface area contributed by atoms with E-state index in [9.17, 15) is 4.79 Å². The quantitative estimate of drug-likeness (QED) is 0.373. The molecule has 5 heteroatoms. The van der Waals surface area contributed by atoms with Crippen LogP contribution in [-0.4, -0.2) is 43.8 Å². The van der Waals surface area contributed by atoms with Crippen molar-refractivity contribution >= 4 is 11.8 Å². The van der Waals surface area contributed by atoms with E-state index in [1.165, 1.54) is 70.9 Å². The molecule has 0 bridgehead atoms. The maximum atomic E-state index is 12.1. The summed E-state index contributed by atoms with van der Waals surface area (Å²) in [5.41, 5.74) is 0.677. The summed E-state index contributed by atoms with van der Waals surface area (Å²) in [6, 6.07) is 7.57. The molecule has 2 rings (SSSR count). The Kier molecular flexibility index (Phi) is 12.3. The third-order valence-corrected chi connectivity index (χ3v) is 5.43. The SMILES string of the molecule is CCCCCCCCCOc1ccccc1NC(=O)OCCCN1CCCCC1. The fraction of sp³-hybridized carbons (Fsp3) is 0.708. The number of benzene rings is 1. The van der Waals surface area contributed by atoms with Gasteiger partial charge in [0.25, 0.3) is 0 Å². The lowest BCUT2D eigenvalue weighted by Crippen LogP contribution is -2.31. The number of ether oxygens (including phenoxy) is 2. The number of para-hydroxylation sites is 2. The topological polar surface area (TPSA) is 50.8 Å². The van der Waals surface area contributed by atoms with Crippen molar-refractivity contribution in [2.75, 3.05) is 38.2 Å². The smallest absolute Gasteiger partial charge is 0.411 e. The van der Waals surface area contributed by atoms with E-state index in [1.807, 2.05) is 24.3 Å². The van der Waals surface area contributed by atoms with Gasteiger partial charge in [-0.2, -0.15) is 0 Å². The maximum Gasteiger partial charge on any atom is 0.411 e. The van der Waals surface area contributed by atoms with Crippen LogP contribution in [-0.2, 0) is 4.74 Å². The molecule has 0 atom stereocenters. The fourth-order valence-electron chi connectivity index (χ4n) is 3.72. The highest BCUT2D eigenvalue weighted by Crippen LogP contribution is 2.24. The van der Waals surface area contributed by atoms with Crippen molar-refractivity contribution in [3.05, 3.63) is 24.3 Å². The molecule has 0 spiro atoms. The van der Waals surface area contributed by atoms with Crippen molar-refractivity contribution in [2.24, 2.45) is 0 Å². The zero-order chi connectivity index (χ0) is 20.6. The first-order chi connectivity index (χ1) is 14.3. The molecule has 1 aromatic carbocycles. The van der Waals surface area contributed by atoms with Gasteiger partial charge in [-0.1, -0.05) is 64.0 Å². The molecule has 1 N–H and O–H groups in total. The molecule has 164 valence electrons. The number of nitrogens with zero attached hydrogens (tertiary/aromatic N) is 1. The molecule has 1 heterocycles. The van der Waals surface area contributed by atoms with Gasteiger partial charge >= 0.3 is 6.09 Å². The van der Waals surface area contributed by atoms with Crippen molar-refractivity contribution in [1.82, 2.24) is 4.90 Å². The van der Waals surface area contributed by atoms with E-state index in [4.69, 9.17) is 9.47 Å². The molecule has 0 saturated carbocycles. The highest BCUT2D eigenvalue weighted by molar-refractivity contribution is 5.86. The predicted molar refractivity (Wildman–Crippen MR) is 120 cm³/mol. The summed E-state index contributed by atoms with van der Waals surface area (Å²) in [5, 5.41) is 2.82. The summed E-state index contributed by atoms with van der Waals surface area (Å²) in [5.74, 6) is 0.712. The number of piperidine rings is 1. The van der Waals surface area contributed by atoms with Gasteiger partial charge in [-0.05, 0) is 50.9 Å². The highest BCUT2D eigenvalue weighted by Gasteiger charge is 2.11. The lowest BCUT2D eigenvalue weighted by atomic mass is 10.1. The molecule has 1 fully saturated rings. The molecule has 0 aromatic heterocycles. The Morgan fingerprint density at radius 3 is 2.45 bits per heavy atom. The van der Waals surface area contributed by atoms with E-state index in [2.05, 4.69) is 17.1 Å². The number of hydrogen-bond acceptors (Lipinski definition) is 4. The van der Waals surface area contributed by atoms with Gasteiger partial charge in [-0.25, -0.2) is 4.79 Å². The number of carbonyl (C=O) groups is 1. The van der Waals surface area contributed by atoms with Crippen LogP contribution in [0, 0.1) is 0 Å². The van der Waals surface area contributed by atoms with Crippen LogP contribution >= 0.6 is 0 Å². The van der Waals surface area contributed by atoms with Crippen LogP contribution in [0.25, 0.3) is 0 Å². The lowest BCUT2D eigenvalue weighted by molar-refractivity contribution is 0.148. The number of nitrogens with one attached hydrogen (secondary N) is 1. The molecule has 1 aliphatic heterocycles. The average molecular weight is 405 g/mol. The van der Waals surface area contributed by atoms with Crippen LogP contribution in [0.1, 0.15) is 77.6 Å². The molecule has 0 unspecified atom stereocenters. The molecule has 0 radical (unpaired) electrons. The second-order valence-corrected chi connectivity index (χ2v) is 7.98. The molecule has 0 aliphatic carbocycles. The van der Waals surface area contributed by atoms with E-state index >= 15 is 0 Å². The van der Waals surface area contributed by atoms with Crippen LogP contribution in [0.5, 0.6) is 5.75 Å². The van der Waals surface area contributed by atoms with Gasteiger partial charge in [0.1, 0.15) is 5.75 Å². The van der Waals surface area contributed by atoms with E-state index in [0.29, 0.717) is 24.7 Å². The summed E-state index contributed by atoms with van der Waals surface area (Å²) in [7, 11) is 0. The van der Waals surface area contributed by atoms with Gasteiger partial charge < -0.3 is 14.4 Å². The summed E-state index contributed by atoms with van der Waals surface area (Å²) in [6.45, 7) is 6.72. The third kappa shape index (κ3) is 10.6. The minimum atomic E-state index is -0.407. The monoisotopic (exact) mass is 404 g/mol. The molecule has 5 nitrogen and oxygen atoms in total. The highest BCUT2D eigenvalue weighted by atomic mass is 16.5. The van der Waals surface area contributed by atoms with Gasteiger partial charge in [-0.15, -0.1) is 0 Å². The molecule has 1 aliphatic rings. The summed E-state index contributed by atoms with van der Waals surface area (Å²) >= 11 is 0. The van der Waals surface area contributed by atoms with Crippen molar-refractivity contribution < 1.29 is 14.3 Å². The van der Waals surface area contributed by atoms with Gasteiger partial charge in [-0.3, -0.25) is 5.32 Å². The van der Waals surface area contributed by atoms with E-state index in [0.717, 1.165) is 19.4 Å². The van der Waals surface area contributed by atoms with Gasteiger partial charge in [0.15, 0.2) is 0 Å². The van der Waals surface area contributed by atoms with Crippen LogP contribution in [0.3, 0.4) is 0 Å². The number of anilines is 1. The Bertz CT molecular complexity index is 559. The Balaban J connectivity index is 1.59. The van der Waals surface area contributed by atoms with Crippen molar-refractivity contribution in [2.45, 2.75) is 77.6 Å². The van der Waals surface area contributed by atoms with Gasteiger partial charge in [0.2, 0.25) is 0 Å². The number of unbranched alkanes of at least 4 members (excludes halogenated alkanes) is 6. The Morgan fingerprint density at radius 2 is 1.66 bits per heavy atom. The second-order valence-electron chi connectivity index (χ2n) is 7.98. The molecule has 1 amide bonds. The summed E-state index contributed by atoms with van der Waals surface area (Å²) < 4.78 is 11.2. The van der Waals surface area contributed by atoms with Crippen molar-refractivity contribution in [1.29, 1.82) is 0 Å². The third-order valence-electron chi connectivity index (χ3n) is 5.43. The minimum Gasteiger partial charge on any atom is -0.491 e. The molecule has 1 saturated heterocycles. The molecule has 29 heavy (non-hydrogen) atoms. The van der Waals surface area contributed by atoms with Gasteiger partial charge in [0, 0.05) is 6.54 Å². The molecule has 1 aromatic rings. The number of hydrogen-bond donors (Lipinski definition) is 1. The normalized spacial score (nSPS) is 14.5. The summed E-state index contributed by atoms with van der Waals surface area (Å²) in [4.78, 5) is 14.6. The largest absolute Gasteiger partial charge is 0.491 e. The minimum absolute atomic E-state index is 0.407. The average Bonchev–Trinajstić information content (AvgIpc) is 2.75. The van der Waals surface area contributed by atoms with Crippen LogP contribution < -0.4 is 10.1 Å². The first kappa shape index (κ1) is 23.5. The Hall–Kier alpha value is -1.75. The van der Waals surface area contributed by atoms with E-state index < -0.39 is 6.09 Å². The summed E-state index contributed by atoms with van der Waals surface area (Å²) in [6.07, 6.45) is 13.2. The first-order valence-electron chi connectivity index (χ1n) is 11.7. The number of likely N-dealkylation sites (tertiary alicyclic amines) is 1. The first-order valence-corrected chi connectivity index (χ1v) is 11.7. The van der Waals surface area contributed by atoms with E-state index in [1.54, 1.807) is 0 Å². The van der Waals surface area contributed by atoms with Crippen molar-refractivity contribution in [3.63, 3.8) is 0 Å². The predicted octanol–water partition coefficient (Wildman–Crippen LogP) is 6.24. The number of rotatable bonds is 14. The van der Waals surface area contributed by atoms with Crippen LogP contribution in [0.4, 0.5) is 10.5 Å². The lowest BCUT2D eigenvalue weighted by Gasteiger charge is -2.26. The van der Waals surface area contributed by atoms with Crippen LogP contribution in [0.15, 0.2) is 24.3 Å². The maximum absolute atomic E-state index is 12.1. The Labute approximate surface area is 177 Å². The Morgan fingerprint density at radius 1 is 0.931 bits per heavy atom. The zero-order valence-electron chi connectivity index (χ0n) is 18.3. The zero-order valence-corrected chi connectivity index (χ0v) is 18.3. The van der Waals surface area contributed by atoms with Crippen LogP contribution in [0.2, 0.25) is 0 Å².